The molecule has 2 aromatic rings. The molecule has 1 saturated carbocycles. The Morgan fingerprint density at radius 3 is 2.44 bits per heavy atom. The number of fused-ring (bicyclic) bond motifs is 2. The molecule has 48 heavy (non-hydrogen) atoms. The first-order chi connectivity index (χ1) is 22.6. The zero-order valence-corrected chi connectivity index (χ0v) is 28.4. The number of Topliss-reactive ketones (excluding diaryl/α,β-unsaturated/α-hetero) is 1. The van der Waals surface area contributed by atoms with Crippen molar-refractivity contribution in [3.05, 3.63) is 101 Å². The van der Waals surface area contributed by atoms with Gasteiger partial charge in [-0.3, -0.25) is 14.3 Å². The molecule has 254 valence electrons. The lowest BCUT2D eigenvalue weighted by molar-refractivity contribution is -0.421. The normalized spacial score (nSPS) is 36.4. The number of carbonyl (C=O) groups excluding carboxylic acids is 2. The molecular formula is C37H42N2O8S. The first kappa shape index (κ1) is 32.9. The van der Waals surface area contributed by atoms with Gasteiger partial charge in [-0.25, -0.2) is 8.42 Å². The van der Waals surface area contributed by atoms with Crippen LogP contribution in [-0.4, -0.2) is 66.9 Å². The van der Waals surface area contributed by atoms with E-state index in [0.29, 0.717) is 35.2 Å². The summed E-state index contributed by atoms with van der Waals surface area (Å²) >= 11 is 0. The first-order valence-electron chi connectivity index (χ1n) is 16.4. The first-order valence-corrected chi connectivity index (χ1v) is 18.2. The van der Waals surface area contributed by atoms with Crippen LogP contribution in [0.15, 0.2) is 90.0 Å². The number of amides is 1. The largest absolute Gasteiger partial charge is 0.381 e. The van der Waals surface area contributed by atoms with Crippen molar-refractivity contribution in [1.29, 1.82) is 0 Å². The zero-order chi connectivity index (χ0) is 34.3. The molecule has 11 heteroatoms. The van der Waals surface area contributed by atoms with Crippen molar-refractivity contribution in [2.24, 2.45) is 17.8 Å². The molecule has 2 heterocycles. The van der Waals surface area contributed by atoms with Crippen LogP contribution < -0.4 is 10.0 Å². The SMILES string of the molecule is C=C(C)[C@@]12C[C@@H](C)[C@@]34OC(Cc5ccccc5)(O[C@@H]1[C@@H]3C=C(CNC(=O)Cc1ccc(NS(C)(=O)=O)cc1)C[C@]1(O)C(=O)C(C)=C[C@@H]41)O2. The van der Waals surface area contributed by atoms with E-state index in [0.717, 1.165) is 17.4 Å². The van der Waals surface area contributed by atoms with E-state index in [1.807, 2.05) is 49.4 Å². The Labute approximate surface area is 281 Å². The maximum absolute atomic E-state index is 13.8. The molecular weight excluding hydrogens is 632 g/mol. The van der Waals surface area contributed by atoms with Crippen molar-refractivity contribution in [3.8, 4) is 0 Å². The predicted molar refractivity (Wildman–Crippen MR) is 179 cm³/mol. The summed E-state index contributed by atoms with van der Waals surface area (Å²) in [5.41, 5.74) is 0.410. The molecule has 0 radical (unpaired) electrons. The van der Waals surface area contributed by atoms with Crippen LogP contribution in [0.25, 0.3) is 0 Å². The van der Waals surface area contributed by atoms with Gasteiger partial charge >= 0.3 is 0 Å². The highest BCUT2D eigenvalue weighted by Gasteiger charge is 2.79. The summed E-state index contributed by atoms with van der Waals surface area (Å²) in [6.07, 6.45) is 5.45. The summed E-state index contributed by atoms with van der Waals surface area (Å²) in [4.78, 5) is 27.0. The van der Waals surface area contributed by atoms with Gasteiger partial charge in [0.15, 0.2) is 5.78 Å². The molecule has 1 unspecified atom stereocenters. The molecule has 0 aromatic heterocycles. The molecule has 2 aliphatic heterocycles. The zero-order valence-electron chi connectivity index (χ0n) is 27.6. The molecule has 3 fully saturated rings. The lowest BCUT2D eigenvalue weighted by Crippen LogP contribution is -2.70. The van der Waals surface area contributed by atoms with Gasteiger partial charge in [0.1, 0.15) is 17.3 Å². The average molecular weight is 675 g/mol. The number of nitrogens with one attached hydrogen (secondary N) is 2. The Morgan fingerprint density at radius 1 is 1.06 bits per heavy atom. The monoisotopic (exact) mass is 674 g/mol. The minimum Gasteiger partial charge on any atom is -0.381 e. The summed E-state index contributed by atoms with van der Waals surface area (Å²) in [7, 11) is -3.42. The Hall–Kier alpha value is -3.61. The van der Waals surface area contributed by atoms with E-state index >= 15 is 0 Å². The lowest BCUT2D eigenvalue weighted by atomic mass is 9.55. The Balaban J connectivity index is 1.22. The third-order valence-corrected chi connectivity index (χ3v) is 11.5. The molecule has 3 aliphatic carbocycles. The van der Waals surface area contributed by atoms with Crippen LogP contribution in [-0.2, 0) is 46.7 Å². The molecule has 2 aromatic carbocycles. The molecule has 3 N–H and O–H groups in total. The van der Waals surface area contributed by atoms with Crippen molar-refractivity contribution >= 4 is 27.4 Å². The van der Waals surface area contributed by atoms with Crippen molar-refractivity contribution in [2.45, 2.75) is 75.3 Å². The number of carbonyl (C=O) groups is 2. The van der Waals surface area contributed by atoms with Gasteiger partial charge < -0.3 is 24.6 Å². The maximum atomic E-state index is 13.8. The van der Waals surface area contributed by atoms with E-state index in [1.54, 1.807) is 31.2 Å². The second-order valence-corrected chi connectivity index (χ2v) is 16.1. The summed E-state index contributed by atoms with van der Waals surface area (Å²) in [6, 6.07) is 16.4. The highest BCUT2D eigenvalue weighted by atomic mass is 32.2. The number of rotatable bonds is 9. The van der Waals surface area contributed by atoms with Gasteiger partial charge in [0.05, 0.1) is 24.7 Å². The van der Waals surface area contributed by atoms with Crippen molar-refractivity contribution in [2.75, 3.05) is 17.5 Å². The summed E-state index contributed by atoms with van der Waals surface area (Å²) in [5.74, 6) is -3.29. The van der Waals surface area contributed by atoms with Gasteiger partial charge in [-0.1, -0.05) is 73.7 Å². The van der Waals surface area contributed by atoms with Gasteiger partial charge in [0, 0.05) is 30.5 Å². The van der Waals surface area contributed by atoms with Crippen LogP contribution >= 0.6 is 0 Å². The number of benzene rings is 2. The second kappa shape index (κ2) is 11.2. The minimum atomic E-state index is -3.42. The van der Waals surface area contributed by atoms with Crippen LogP contribution in [0, 0.1) is 17.8 Å². The number of hydrogen-bond donors (Lipinski definition) is 3. The van der Waals surface area contributed by atoms with Crippen LogP contribution in [0.4, 0.5) is 5.69 Å². The van der Waals surface area contributed by atoms with Gasteiger partial charge in [-0.05, 0) is 60.6 Å². The molecule has 2 saturated heterocycles. The number of aliphatic hydroxyl groups is 1. The van der Waals surface area contributed by atoms with Gasteiger partial charge in [0.2, 0.25) is 15.9 Å². The number of ether oxygens (including phenoxy) is 3. The van der Waals surface area contributed by atoms with Crippen molar-refractivity contribution in [1.82, 2.24) is 5.32 Å². The summed E-state index contributed by atoms with van der Waals surface area (Å²) < 4.78 is 46.4. The standard InChI is InChI=1S/C37H42N2O8S/c1-22(2)35-18-24(4)37-29(33(35)45-36(46-35,47-37)20-26-9-7-6-8-10-26)16-27(19-34(42)30(37)15-23(3)32(34)41)21-38-31(40)17-25-11-13-28(14-12-25)39-48(5,43)44/h6-16,24,29-30,33,39,42H,1,17-21H2,2-5H3,(H,38,40)/t24-,29+,30-,33-,34-,35+,36?,37-/m1/s1. The molecule has 7 rings (SSSR count). The molecule has 5 aliphatic rings. The van der Waals surface area contributed by atoms with E-state index in [1.165, 1.54) is 0 Å². The second-order valence-electron chi connectivity index (χ2n) is 14.3. The lowest BCUT2D eigenvalue weighted by Gasteiger charge is -2.59. The molecule has 0 spiro atoms. The van der Waals surface area contributed by atoms with E-state index < -0.39 is 50.7 Å². The van der Waals surface area contributed by atoms with E-state index in [9.17, 15) is 23.1 Å². The number of anilines is 1. The van der Waals surface area contributed by atoms with E-state index in [2.05, 4.69) is 23.5 Å². The topological polar surface area (TPSA) is 140 Å². The van der Waals surface area contributed by atoms with Crippen molar-refractivity contribution in [3.63, 3.8) is 0 Å². The Bertz CT molecular complexity index is 1860. The fourth-order valence-electron chi connectivity index (χ4n) is 8.88. The Morgan fingerprint density at radius 2 is 1.77 bits per heavy atom. The quantitative estimate of drug-likeness (QED) is 0.340. The third-order valence-electron chi connectivity index (χ3n) is 10.9. The number of ketones is 1. The highest BCUT2D eigenvalue weighted by molar-refractivity contribution is 7.92. The predicted octanol–water partition coefficient (Wildman–Crippen LogP) is 3.98. The van der Waals surface area contributed by atoms with Gasteiger partial charge in [0.25, 0.3) is 5.97 Å². The van der Waals surface area contributed by atoms with Crippen LogP contribution in [0.2, 0.25) is 0 Å². The minimum absolute atomic E-state index is 0.0319. The van der Waals surface area contributed by atoms with Crippen LogP contribution in [0.5, 0.6) is 0 Å². The Kier molecular flexibility index (Phi) is 7.69. The van der Waals surface area contributed by atoms with E-state index in [-0.39, 0.29) is 37.0 Å². The fourth-order valence-corrected chi connectivity index (χ4v) is 9.44. The molecule has 10 nitrogen and oxygen atoms in total. The third kappa shape index (κ3) is 5.18. The van der Waals surface area contributed by atoms with Crippen LogP contribution in [0.1, 0.15) is 44.7 Å². The van der Waals surface area contributed by atoms with Gasteiger partial charge in [-0.2, -0.15) is 0 Å². The fraction of sp³-hybridized carbons (Fsp3) is 0.459. The summed E-state index contributed by atoms with van der Waals surface area (Å²) in [5, 5.41) is 15.4. The smallest absolute Gasteiger partial charge is 0.289 e. The summed E-state index contributed by atoms with van der Waals surface area (Å²) in [6.45, 7) is 10.2. The van der Waals surface area contributed by atoms with E-state index in [4.69, 9.17) is 14.2 Å². The van der Waals surface area contributed by atoms with Gasteiger partial charge in [-0.15, -0.1) is 0 Å². The molecule has 8 atom stereocenters. The van der Waals surface area contributed by atoms with Crippen LogP contribution in [0.3, 0.4) is 0 Å². The average Bonchev–Trinajstić information content (AvgIpc) is 3.32. The number of hydrogen-bond acceptors (Lipinski definition) is 8. The number of sulfonamides is 1. The highest BCUT2D eigenvalue weighted by Crippen LogP contribution is 2.68. The molecule has 1 amide bonds. The van der Waals surface area contributed by atoms with Crippen molar-refractivity contribution < 1.29 is 37.3 Å². The molecule has 3 bridgehead atoms. The maximum Gasteiger partial charge on any atom is 0.289 e.